The molecule has 1 aromatic rings. The molecule has 4 rings (SSSR count). The van der Waals surface area contributed by atoms with E-state index >= 15 is 0 Å². The van der Waals surface area contributed by atoms with Crippen LogP contribution in [0.25, 0.3) is 0 Å². The molecule has 1 aromatic carbocycles. The van der Waals surface area contributed by atoms with Crippen molar-refractivity contribution in [3.05, 3.63) is 29.3 Å². The number of amides is 1. The van der Waals surface area contributed by atoms with Gasteiger partial charge in [0.2, 0.25) is 0 Å². The molecule has 1 atom stereocenters. The summed E-state index contributed by atoms with van der Waals surface area (Å²) in [6.45, 7) is 7.19. The number of likely N-dealkylation sites (tertiary alicyclic amines) is 1. The van der Waals surface area contributed by atoms with Gasteiger partial charge in [-0.25, -0.2) is 9.59 Å². The van der Waals surface area contributed by atoms with Crippen LogP contribution in [0.15, 0.2) is 18.2 Å². The Morgan fingerprint density at radius 3 is 2.77 bits per heavy atom. The van der Waals surface area contributed by atoms with Crippen molar-refractivity contribution in [2.24, 2.45) is 5.41 Å². The molecule has 0 radical (unpaired) electrons. The van der Waals surface area contributed by atoms with Crippen LogP contribution in [0, 0.1) is 5.41 Å². The molecule has 2 heterocycles. The van der Waals surface area contributed by atoms with Gasteiger partial charge in [-0.05, 0) is 63.6 Å². The van der Waals surface area contributed by atoms with Gasteiger partial charge in [-0.2, -0.15) is 0 Å². The molecule has 0 bridgehead atoms. The smallest absolute Gasteiger partial charge is 0.410 e. The van der Waals surface area contributed by atoms with E-state index in [4.69, 9.17) is 14.2 Å². The quantitative estimate of drug-likeness (QED) is 0.756. The van der Waals surface area contributed by atoms with Crippen LogP contribution in [0.3, 0.4) is 0 Å². The standard InChI is InChI=1S/C20H25NO5/c1-19(2,3)26-18(23)21-10-15(9-20(12-21)6-7-20)25-14-4-5-16-13(8-14)11-24-17(16)22/h4-5,8,15H,6-7,9-12H2,1-3H3. The van der Waals surface area contributed by atoms with E-state index in [1.54, 1.807) is 17.0 Å². The number of hydrogen-bond acceptors (Lipinski definition) is 5. The number of cyclic esters (lactones) is 1. The number of fused-ring (bicyclic) bond motifs is 1. The van der Waals surface area contributed by atoms with Crippen molar-refractivity contribution < 1.29 is 23.8 Å². The topological polar surface area (TPSA) is 65.1 Å². The lowest BCUT2D eigenvalue weighted by molar-refractivity contribution is -0.00586. The molecule has 1 amide bonds. The molecule has 1 spiro atoms. The fourth-order valence-corrected chi connectivity index (χ4v) is 3.79. The van der Waals surface area contributed by atoms with Crippen LogP contribution < -0.4 is 4.74 Å². The first-order valence-electron chi connectivity index (χ1n) is 9.18. The minimum Gasteiger partial charge on any atom is -0.489 e. The van der Waals surface area contributed by atoms with Gasteiger partial charge in [-0.15, -0.1) is 0 Å². The van der Waals surface area contributed by atoms with E-state index in [2.05, 4.69) is 0 Å². The molecule has 2 aliphatic heterocycles. The Labute approximate surface area is 153 Å². The highest BCUT2D eigenvalue weighted by molar-refractivity contribution is 5.93. The number of carbonyl (C=O) groups excluding carboxylic acids is 2. The first-order chi connectivity index (χ1) is 12.2. The van der Waals surface area contributed by atoms with Crippen LogP contribution in [-0.4, -0.2) is 41.8 Å². The maximum Gasteiger partial charge on any atom is 0.410 e. The highest BCUT2D eigenvalue weighted by Gasteiger charge is 2.50. The summed E-state index contributed by atoms with van der Waals surface area (Å²) in [6, 6.07) is 5.42. The van der Waals surface area contributed by atoms with E-state index in [1.807, 2.05) is 26.8 Å². The first-order valence-corrected chi connectivity index (χ1v) is 9.18. The Morgan fingerprint density at radius 2 is 2.08 bits per heavy atom. The van der Waals surface area contributed by atoms with Gasteiger partial charge in [0.05, 0.1) is 12.1 Å². The third-order valence-corrected chi connectivity index (χ3v) is 5.18. The Hall–Kier alpha value is -2.24. The predicted molar refractivity (Wildman–Crippen MR) is 94.1 cm³/mol. The largest absolute Gasteiger partial charge is 0.489 e. The average Bonchev–Trinajstić information content (AvgIpc) is 3.18. The normalized spacial score (nSPS) is 23.4. The van der Waals surface area contributed by atoms with E-state index in [-0.39, 0.29) is 23.6 Å². The Morgan fingerprint density at radius 1 is 1.31 bits per heavy atom. The van der Waals surface area contributed by atoms with Crippen LogP contribution >= 0.6 is 0 Å². The maximum absolute atomic E-state index is 12.5. The summed E-state index contributed by atoms with van der Waals surface area (Å²) in [4.78, 5) is 25.9. The summed E-state index contributed by atoms with van der Waals surface area (Å²) in [6.07, 6.45) is 2.84. The van der Waals surface area contributed by atoms with Crippen LogP contribution in [0.4, 0.5) is 4.79 Å². The van der Waals surface area contributed by atoms with Crippen molar-refractivity contribution in [3.8, 4) is 5.75 Å². The number of ether oxygens (including phenoxy) is 3. The fourth-order valence-electron chi connectivity index (χ4n) is 3.79. The zero-order valence-electron chi connectivity index (χ0n) is 15.5. The second kappa shape index (κ2) is 5.89. The predicted octanol–water partition coefficient (Wildman–Crippen LogP) is 3.53. The third-order valence-electron chi connectivity index (χ3n) is 5.18. The second-order valence-electron chi connectivity index (χ2n) is 8.70. The number of hydrogen-bond donors (Lipinski definition) is 0. The lowest BCUT2D eigenvalue weighted by Crippen LogP contribution is -2.50. The monoisotopic (exact) mass is 359 g/mol. The molecule has 6 nitrogen and oxygen atoms in total. The van der Waals surface area contributed by atoms with Crippen molar-refractivity contribution in [1.29, 1.82) is 0 Å². The zero-order chi connectivity index (χ0) is 18.5. The summed E-state index contributed by atoms with van der Waals surface area (Å²) >= 11 is 0. The summed E-state index contributed by atoms with van der Waals surface area (Å²) in [5.74, 6) is 0.436. The number of esters is 1. The van der Waals surface area contributed by atoms with Gasteiger partial charge in [-0.1, -0.05) is 0 Å². The van der Waals surface area contributed by atoms with Crippen LogP contribution in [0.5, 0.6) is 5.75 Å². The molecule has 1 unspecified atom stereocenters. The van der Waals surface area contributed by atoms with E-state index in [9.17, 15) is 9.59 Å². The van der Waals surface area contributed by atoms with Crippen molar-refractivity contribution in [3.63, 3.8) is 0 Å². The number of rotatable bonds is 2. The van der Waals surface area contributed by atoms with Gasteiger partial charge in [0.25, 0.3) is 0 Å². The van der Waals surface area contributed by atoms with E-state index in [0.717, 1.165) is 31.4 Å². The van der Waals surface area contributed by atoms with Crippen LogP contribution in [0.1, 0.15) is 56.0 Å². The van der Waals surface area contributed by atoms with Gasteiger partial charge >= 0.3 is 12.1 Å². The van der Waals surface area contributed by atoms with Crippen molar-refractivity contribution in [2.75, 3.05) is 13.1 Å². The molecule has 140 valence electrons. The zero-order valence-corrected chi connectivity index (χ0v) is 15.5. The van der Waals surface area contributed by atoms with Gasteiger partial charge in [0, 0.05) is 12.1 Å². The van der Waals surface area contributed by atoms with Gasteiger partial charge < -0.3 is 19.1 Å². The van der Waals surface area contributed by atoms with E-state index in [1.165, 1.54) is 0 Å². The SMILES string of the molecule is CC(C)(C)OC(=O)N1CC(Oc2ccc3c(c2)COC3=O)CC2(CC2)C1. The van der Waals surface area contributed by atoms with Gasteiger partial charge in [0.15, 0.2) is 0 Å². The molecule has 6 heteroatoms. The summed E-state index contributed by atoms with van der Waals surface area (Å²) in [5, 5.41) is 0. The third kappa shape index (κ3) is 3.50. The molecule has 1 saturated heterocycles. The highest BCUT2D eigenvalue weighted by atomic mass is 16.6. The van der Waals surface area contributed by atoms with Crippen LogP contribution in [-0.2, 0) is 16.1 Å². The summed E-state index contributed by atoms with van der Waals surface area (Å²) in [5.41, 5.74) is 1.13. The summed E-state index contributed by atoms with van der Waals surface area (Å²) < 4.78 is 16.8. The fraction of sp³-hybridized carbons (Fsp3) is 0.600. The number of benzene rings is 1. The molecule has 2 fully saturated rings. The van der Waals surface area contributed by atoms with Crippen molar-refractivity contribution >= 4 is 12.1 Å². The number of carbonyl (C=O) groups is 2. The lowest BCUT2D eigenvalue weighted by Gasteiger charge is -2.38. The van der Waals surface area contributed by atoms with Crippen molar-refractivity contribution in [2.45, 2.75) is 58.3 Å². The minimum atomic E-state index is -0.506. The Kier molecular flexibility index (Phi) is 3.90. The second-order valence-corrected chi connectivity index (χ2v) is 8.70. The highest BCUT2D eigenvalue weighted by Crippen LogP contribution is 2.52. The Balaban J connectivity index is 1.46. The minimum absolute atomic E-state index is 0.0742. The first kappa shape index (κ1) is 17.2. The molecular formula is C20H25NO5. The molecule has 0 aromatic heterocycles. The molecular weight excluding hydrogens is 334 g/mol. The molecule has 1 aliphatic carbocycles. The van der Waals surface area contributed by atoms with Crippen LogP contribution in [0.2, 0.25) is 0 Å². The maximum atomic E-state index is 12.5. The number of piperidine rings is 1. The molecule has 3 aliphatic rings. The number of nitrogens with zero attached hydrogens (tertiary/aromatic N) is 1. The van der Waals surface area contributed by atoms with Gasteiger partial charge in [-0.3, -0.25) is 0 Å². The molecule has 26 heavy (non-hydrogen) atoms. The average molecular weight is 359 g/mol. The lowest BCUT2D eigenvalue weighted by atomic mass is 9.93. The van der Waals surface area contributed by atoms with Gasteiger partial charge in [0.1, 0.15) is 24.1 Å². The van der Waals surface area contributed by atoms with E-state index in [0.29, 0.717) is 24.5 Å². The van der Waals surface area contributed by atoms with Crippen molar-refractivity contribution in [1.82, 2.24) is 4.90 Å². The molecule has 0 N–H and O–H groups in total. The Bertz CT molecular complexity index is 747. The summed E-state index contributed by atoms with van der Waals surface area (Å²) in [7, 11) is 0. The molecule has 1 saturated carbocycles. The van der Waals surface area contributed by atoms with E-state index < -0.39 is 5.60 Å².